The molecule has 0 saturated heterocycles. The quantitative estimate of drug-likeness (QED) is 0.566. The third-order valence-corrected chi connectivity index (χ3v) is 3.69. The van der Waals surface area contributed by atoms with Crippen LogP contribution >= 0.6 is 0 Å². The van der Waals surface area contributed by atoms with Gasteiger partial charge in [-0.15, -0.1) is 0 Å². The largest absolute Gasteiger partial charge is 0.502 e. The predicted octanol–water partition coefficient (Wildman–Crippen LogP) is 2.67. The van der Waals surface area contributed by atoms with Crippen LogP contribution < -0.4 is 0 Å². The molecule has 4 nitrogen and oxygen atoms in total. The molecule has 1 aromatic rings. The molecule has 1 saturated carbocycles. The average Bonchev–Trinajstić information content (AvgIpc) is 2.76. The Morgan fingerprint density at radius 2 is 1.87 bits per heavy atom. The van der Waals surface area contributed by atoms with Gasteiger partial charge in [0.05, 0.1) is 4.92 Å². The molecule has 2 aliphatic rings. The normalized spacial score (nSPS) is 26.7. The number of rotatable bonds is 1. The smallest absolute Gasteiger partial charge is 0.310 e. The van der Waals surface area contributed by atoms with Gasteiger partial charge in [-0.2, -0.15) is 0 Å². The van der Waals surface area contributed by atoms with Crippen LogP contribution in [0.1, 0.15) is 42.2 Å². The maximum absolute atomic E-state index is 10.7. The van der Waals surface area contributed by atoms with Crippen LogP contribution in [0.25, 0.3) is 0 Å². The van der Waals surface area contributed by atoms with Gasteiger partial charge in [0.2, 0.25) is 0 Å². The molecule has 0 amide bonds. The lowest BCUT2D eigenvalue weighted by Crippen LogP contribution is -1.99. The number of nitro groups is 1. The monoisotopic (exact) mass is 205 g/mol. The molecular formula is C11H11NO3. The zero-order chi connectivity index (χ0) is 10.6. The molecule has 0 aromatic heterocycles. The Hall–Kier alpha value is -1.58. The van der Waals surface area contributed by atoms with Crippen LogP contribution in [0.15, 0.2) is 12.1 Å². The van der Waals surface area contributed by atoms with Crippen molar-refractivity contribution in [3.05, 3.63) is 33.4 Å². The van der Waals surface area contributed by atoms with Gasteiger partial charge in [0, 0.05) is 6.07 Å². The van der Waals surface area contributed by atoms with Crippen molar-refractivity contribution in [2.24, 2.45) is 0 Å². The first-order chi connectivity index (χ1) is 7.16. The number of nitro benzene ring substituents is 1. The number of nitrogens with zero attached hydrogens (tertiary/aromatic N) is 1. The topological polar surface area (TPSA) is 63.4 Å². The van der Waals surface area contributed by atoms with Crippen LogP contribution in [-0.2, 0) is 0 Å². The first kappa shape index (κ1) is 8.71. The summed E-state index contributed by atoms with van der Waals surface area (Å²) in [5.74, 6) is 0.826. The summed E-state index contributed by atoms with van der Waals surface area (Å²) >= 11 is 0. The first-order valence-corrected chi connectivity index (χ1v) is 5.18. The molecule has 0 spiro atoms. The molecule has 2 unspecified atom stereocenters. The second-order valence-corrected chi connectivity index (χ2v) is 4.43. The summed E-state index contributed by atoms with van der Waals surface area (Å²) in [4.78, 5) is 10.2. The summed E-state index contributed by atoms with van der Waals surface area (Å²) < 4.78 is 0. The molecule has 0 heterocycles. The van der Waals surface area contributed by atoms with Gasteiger partial charge in [-0.25, -0.2) is 0 Å². The number of phenolic OH excluding ortho intramolecular Hbond substituents is 1. The average molecular weight is 205 g/mol. The van der Waals surface area contributed by atoms with Crippen molar-refractivity contribution in [2.75, 3.05) is 0 Å². The molecule has 1 N–H and O–H groups in total. The third kappa shape index (κ3) is 1.07. The number of benzene rings is 1. The van der Waals surface area contributed by atoms with Gasteiger partial charge >= 0.3 is 5.69 Å². The van der Waals surface area contributed by atoms with Crippen molar-refractivity contribution in [3.8, 4) is 5.75 Å². The van der Waals surface area contributed by atoms with Gasteiger partial charge in [0.15, 0.2) is 5.75 Å². The number of hydrogen-bond acceptors (Lipinski definition) is 3. The molecule has 78 valence electrons. The van der Waals surface area contributed by atoms with Crippen LogP contribution in [0.2, 0.25) is 0 Å². The van der Waals surface area contributed by atoms with E-state index in [0.717, 1.165) is 30.4 Å². The minimum atomic E-state index is -0.512. The van der Waals surface area contributed by atoms with E-state index in [1.54, 1.807) is 12.1 Å². The zero-order valence-corrected chi connectivity index (χ0v) is 8.14. The molecule has 2 bridgehead atoms. The van der Waals surface area contributed by atoms with Gasteiger partial charge < -0.3 is 5.11 Å². The fourth-order valence-electron chi connectivity index (χ4n) is 3.01. The van der Waals surface area contributed by atoms with Crippen molar-refractivity contribution in [2.45, 2.75) is 31.1 Å². The van der Waals surface area contributed by atoms with Crippen molar-refractivity contribution < 1.29 is 10.0 Å². The highest BCUT2D eigenvalue weighted by molar-refractivity contribution is 5.56. The van der Waals surface area contributed by atoms with Crippen molar-refractivity contribution >= 4 is 5.69 Å². The predicted molar refractivity (Wildman–Crippen MR) is 54.1 cm³/mol. The fourth-order valence-corrected chi connectivity index (χ4v) is 3.01. The fraction of sp³-hybridized carbons (Fsp3) is 0.455. The molecule has 2 aliphatic carbocycles. The van der Waals surface area contributed by atoms with E-state index in [2.05, 4.69) is 0 Å². The lowest BCUT2D eigenvalue weighted by molar-refractivity contribution is -0.385. The van der Waals surface area contributed by atoms with Crippen molar-refractivity contribution in [1.82, 2.24) is 0 Å². The summed E-state index contributed by atoms with van der Waals surface area (Å²) in [6.45, 7) is 0. The van der Waals surface area contributed by atoms with E-state index in [1.807, 2.05) is 0 Å². The minimum Gasteiger partial charge on any atom is -0.502 e. The van der Waals surface area contributed by atoms with Crippen LogP contribution in [-0.4, -0.2) is 10.0 Å². The number of hydrogen-bond donors (Lipinski definition) is 1. The standard InChI is InChI=1S/C11H11NO3/c13-11-5-9-7-2-1-6(3-7)8(9)4-10(11)12(14)15/h4-7,13H,1-3H2. The highest BCUT2D eigenvalue weighted by Crippen LogP contribution is 2.54. The van der Waals surface area contributed by atoms with E-state index in [4.69, 9.17) is 0 Å². The molecule has 0 radical (unpaired) electrons. The highest BCUT2D eigenvalue weighted by atomic mass is 16.6. The molecule has 0 aliphatic heterocycles. The Morgan fingerprint density at radius 1 is 1.27 bits per heavy atom. The maximum atomic E-state index is 10.7. The summed E-state index contributed by atoms with van der Waals surface area (Å²) in [5.41, 5.74) is 2.08. The SMILES string of the molecule is O=[N+]([O-])c1cc2c(cc1O)C1CCC2C1. The van der Waals surface area contributed by atoms with Crippen LogP contribution in [0.3, 0.4) is 0 Å². The molecule has 1 fully saturated rings. The lowest BCUT2D eigenvalue weighted by Gasteiger charge is -2.14. The van der Waals surface area contributed by atoms with Crippen LogP contribution in [0.4, 0.5) is 5.69 Å². The molecule has 3 rings (SSSR count). The van der Waals surface area contributed by atoms with Gasteiger partial charge in [0.25, 0.3) is 0 Å². The third-order valence-electron chi connectivity index (χ3n) is 3.69. The lowest BCUT2D eigenvalue weighted by atomic mass is 9.91. The minimum absolute atomic E-state index is 0.152. The Kier molecular flexibility index (Phi) is 1.58. The van der Waals surface area contributed by atoms with Gasteiger partial charge in [-0.05, 0) is 48.3 Å². The van der Waals surface area contributed by atoms with E-state index in [9.17, 15) is 15.2 Å². The van der Waals surface area contributed by atoms with Crippen LogP contribution in [0, 0.1) is 10.1 Å². The van der Waals surface area contributed by atoms with Crippen molar-refractivity contribution in [3.63, 3.8) is 0 Å². The van der Waals surface area contributed by atoms with E-state index >= 15 is 0 Å². The molecular weight excluding hydrogens is 194 g/mol. The van der Waals surface area contributed by atoms with Gasteiger partial charge in [0.1, 0.15) is 0 Å². The second-order valence-electron chi connectivity index (χ2n) is 4.43. The van der Waals surface area contributed by atoms with Gasteiger partial charge in [-0.1, -0.05) is 0 Å². The Morgan fingerprint density at radius 3 is 2.47 bits per heavy atom. The van der Waals surface area contributed by atoms with Crippen molar-refractivity contribution in [1.29, 1.82) is 0 Å². The van der Waals surface area contributed by atoms with E-state index < -0.39 is 4.92 Å². The van der Waals surface area contributed by atoms with E-state index in [1.165, 1.54) is 0 Å². The Labute approximate surface area is 86.7 Å². The second kappa shape index (κ2) is 2.72. The summed E-state index contributed by atoms with van der Waals surface area (Å²) in [5, 5.41) is 20.2. The summed E-state index contributed by atoms with van der Waals surface area (Å²) in [6, 6.07) is 3.16. The number of phenols is 1. The maximum Gasteiger partial charge on any atom is 0.310 e. The van der Waals surface area contributed by atoms with E-state index in [-0.39, 0.29) is 11.4 Å². The Balaban J connectivity index is 2.18. The molecule has 4 heteroatoms. The first-order valence-electron chi connectivity index (χ1n) is 5.18. The van der Waals surface area contributed by atoms with Crippen LogP contribution in [0.5, 0.6) is 5.75 Å². The zero-order valence-electron chi connectivity index (χ0n) is 8.14. The molecule has 15 heavy (non-hydrogen) atoms. The van der Waals surface area contributed by atoms with Gasteiger partial charge in [-0.3, -0.25) is 10.1 Å². The molecule has 1 aromatic carbocycles. The highest BCUT2D eigenvalue weighted by Gasteiger charge is 2.38. The number of aromatic hydroxyl groups is 1. The molecule has 2 atom stereocenters. The summed E-state index contributed by atoms with van der Waals surface area (Å²) in [6.07, 6.45) is 3.41. The summed E-state index contributed by atoms with van der Waals surface area (Å²) in [7, 11) is 0. The van der Waals surface area contributed by atoms with E-state index in [0.29, 0.717) is 11.8 Å². The Bertz CT molecular complexity index is 455. The number of fused-ring (bicyclic) bond motifs is 5.